The maximum atomic E-state index is 6.19. The highest BCUT2D eigenvalue weighted by atomic mass is 35.5. The van der Waals surface area contributed by atoms with Gasteiger partial charge in [0.25, 0.3) is 0 Å². The zero-order valence-electron chi connectivity index (χ0n) is 13.3. The number of nitrogens with zero attached hydrogens (tertiary/aromatic N) is 2. The van der Waals surface area contributed by atoms with Gasteiger partial charge in [-0.25, -0.2) is 9.97 Å². The van der Waals surface area contributed by atoms with Gasteiger partial charge in [-0.15, -0.1) is 0 Å². The number of hydrogen-bond acceptors (Lipinski definition) is 5. The van der Waals surface area contributed by atoms with Crippen LogP contribution in [0, 0.1) is 0 Å². The van der Waals surface area contributed by atoms with E-state index >= 15 is 0 Å². The lowest BCUT2D eigenvalue weighted by Crippen LogP contribution is -2.05. The second kappa shape index (κ2) is 7.19. The predicted molar refractivity (Wildman–Crippen MR) is 100 cm³/mol. The number of benzene rings is 2. The summed E-state index contributed by atoms with van der Waals surface area (Å²) in [6.07, 6.45) is 2.47. The second-order valence-electron chi connectivity index (χ2n) is 5.30. The van der Waals surface area contributed by atoms with E-state index in [1.165, 1.54) is 11.9 Å². The van der Waals surface area contributed by atoms with Crippen LogP contribution in [-0.2, 0) is 6.42 Å². The fourth-order valence-electron chi connectivity index (χ4n) is 2.26. The molecular formula is C18H18ClN5. The second-order valence-corrected chi connectivity index (χ2v) is 5.73. The van der Waals surface area contributed by atoms with Crippen molar-refractivity contribution in [2.24, 2.45) is 0 Å². The van der Waals surface area contributed by atoms with E-state index in [9.17, 15) is 0 Å². The standard InChI is InChI=1S/C18H18ClN5/c1-2-12-6-8-14(9-7-12)23-17-16(20)18(22-11-21-17)24-15-5-3-4-13(19)10-15/h3-11H,2,20H2,1H3,(H2,21,22,23,24). The van der Waals surface area contributed by atoms with Crippen LogP contribution in [0.15, 0.2) is 54.9 Å². The molecule has 24 heavy (non-hydrogen) atoms. The molecule has 122 valence electrons. The highest BCUT2D eigenvalue weighted by Gasteiger charge is 2.09. The third-order valence-corrected chi connectivity index (χ3v) is 3.83. The largest absolute Gasteiger partial charge is 0.393 e. The van der Waals surface area contributed by atoms with Crippen LogP contribution in [0.4, 0.5) is 28.7 Å². The van der Waals surface area contributed by atoms with Gasteiger partial charge in [-0.1, -0.05) is 36.7 Å². The maximum Gasteiger partial charge on any atom is 0.159 e. The number of nitrogen functional groups attached to an aromatic ring is 1. The first-order valence-corrected chi connectivity index (χ1v) is 8.02. The number of nitrogens with two attached hydrogens (primary N) is 1. The van der Waals surface area contributed by atoms with Crippen LogP contribution in [-0.4, -0.2) is 9.97 Å². The van der Waals surface area contributed by atoms with Crippen LogP contribution in [0.1, 0.15) is 12.5 Å². The van der Waals surface area contributed by atoms with Gasteiger partial charge >= 0.3 is 0 Å². The minimum Gasteiger partial charge on any atom is -0.393 e. The molecule has 0 unspecified atom stereocenters. The van der Waals surface area contributed by atoms with Crippen molar-refractivity contribution in [3.63, 3.8) is 0 Å². The van der Waals surface area contributed by atoms with E-state index in [1.807, 2.05) is 30.3 Å². The molecule has 0 bridgehead atoms. The van der Waals surface area contributed by atoms with Gasteiger partial charge < -0.3 is 16.4 Å². The third kappa shape index (κ3) is 3.75. The Morgan fingerprint density at radius 2 is 1.62 bits per heavy atom. The van der Waals surface area contributed by atoms with Gasteiger partial charge in [0.1, 0.15) is 12.0 Å². The predicted octanol–water partition coefficient (Wildman–Crippen LogP) is 4.76. The smallest absolute Gasteiger partial charge is 0.159 e. The molecule has 2 aromatic carbocycles. The molecule has 0 aliphatic rings. The lowest BCUT2D eigenvalue weighted by atomic mass is 10.1. The molecule has 0 aliphatic carbocycles. The highest BCUT2D eigenvalue weighted by molar-refractivity contribution is 6.30. The summed E-state index contributed by atoms with van der Waals surface area (Å²) in [5, 5.41) is 7.02. The number of anilines is 5. The molecule has 6 heteroatoms. The minimum atomic E-state index is 0.442. The van der Waals surface area contributed by atoms with Crippen molar-refractivity contribution < 1.29 is 0 Å². The number of rotatable bonds is 5. The van der Waals surface area contributed by atoms with Crippen molar-refractivity contribution >= 4 is 40.3 Å². The number of halogens is 1. The Morgan fingerprint density at radius 3 is 2.25 bits per heavy atom. The van der Waals surface area contributed by atoms with Crippen molar-refractivity contribution in [1.29, 1.82) is 0 Å². The van der Waals surface area contributed by atoms with Gasteiger partial charge in [0, 0.05) is 16.4 Å². The monoisotopic (exact) mass is 339 g/mol. The lowest BCUT2D eigenvalue weighted by molar-refractivity contribution is 1.14. The summed E-state index contributed by atoms with van der Waals surface area (Å²) < 4.78 is 0. The lowest BCUT2D eigenvalue weighted by Gasteiger charge is -2.13. The number of hydrogen-bond donors (Lipinski definition) is 3. The summed E-state index contributed by atoms with van der Waals surface area (Å²) in [4.78, 5) is 8.43. The molecule has 0 atom stereocenters. The van der Waals surface area contributed by atoms with E-state index in [-0.39, 0.29) is 0 Å². The van der Waals surface area contributed by atoms with Crippen molar-refractivity contribution in [2.75, 3.05) is 16.4 Å². The molecular weight excluding hydrogens is 322 g/mol. The molecule has 4 N–H and O–H groups in total. The van der Waals surface area contributed by atoms with E-state index in [4.69, 9.17) is 17.3 Å². The minimum absolute atomic E-state index is 0.442. The van der Waals surface area contributed by atoms with Gasteiger partial charge in [0.15, 0.2) is 11.6 Å². The molecule has 0 fully saturated rings. The zero-order chi connectivity index (χ0) is 16.9. The number of aryl methyl sites for hydroxylation is 1. The molecule has 0 radical (unpaired) electrons. The normalized spacial score (nSPS) is 10.4. The van der Waals surface area contributed by atoms with Gasteiger partial charge in [0.2, 0.25) is 0 Å². The van der Waals surface area contributed by atoms with Crippen LogP contribution < -0.4 is 16.4 Å². The zero-order valence-corrected chi connectivity index (χ0v) is 14.0. The van der Waals surface area contributed by atoms with Crippen LogP contribution in [0.2, 0.25) is 5.02 Å². The summed E-state index contributed by atoms with van der Waals surface area (Å²) in [5.74, 6) is 1.08. The topological polar surface area (TPSA) is 75.9 Å². The first kappa shape index (κ1) is 16.1. The fraction of sp³-hybridized carbons (Fsp3) is 0.111. The Kier molecular flexibility index (Phi) is 4.82. The van der Waals surface area contributed by atoms with Crippen LogP contribution >= 0.6 is 11.6 Å². The molecule has 0 saturated carbocycles. The van der Waals surface area contributed by atoms with Gasteiger partial charge in [-0.3, -0.25) is 0 Å². The first-order chi connectivity index (χ1) is 11.7. The average molecular weight is 340 g/mol. The average Bonchev–Trinajstić information content (AvgIpc) is 2.59. The van der Waals surface area contributed by atoms with E-state index in [0.717, 1.165) is 17.8 Å². The molecule has 1 heterocycles. The number of nitrogens with one attached hydrogen (secondary N) is 2. The Labute approximate surface area is 145 Å². The van der Waals surface area contributed by atoms with Crippen molar-refractivity contribution in [3.05, 3.63) is 65.4 Å². The van der Waals surface area contributed by atoms with E-state index < -0.39 is 0 Å². The maximum absolute atomic E-state index is 6.19. The van der Waals surface area contributed by atoms with Crippen LogP contribution in [0.25, 0.3) is 0 Å². The van der Waals surface area contributed by atoms with E-state index in [0.29, 0.717) is 22.3 Å². The molecule has 0 saturated heterocycles. The Morgan fingerprint density at radius 1 is 0.958 bits per heavy atom. The van der Waals surface area contributed by atoms with Crippen molar-refractivity contribution in [2.45, 2.75) is 13.3 Å². The Hall–Kier alpha value is -2.79. The summed E-state index contributed by atoms with van der Waals surface area (Å²) in [6.45, 7) is 2.12. The van der Waals surface area contributed by atoms with Gasteiger partial charge in [-0.2, -0.15) is 0 Å². The molecule has 0 amide bonds. The summed E-state index contributed by atoms with van der Waals surface area (Å²) in [7, 11) is 0. The van der Waals surface area contributed by atoms with Gasteiger partial charge in [0.05, 0.1) is 0 Å². The third-order valence-electron chi connectivity index (χ3n) is 3.60. The molecule has 3 aromatic rings. The first-order valence-electron chi connectivity index (χ1n) is 7.64. The SMILES string of the molecule is CCc1ccc(Nc2ncnc(Nc3cccc(Cl)c3)c2N)cc1. The molecule has 1 aromatic heterocycles. The highest BCUT2D eigenvalue weighted by Crippen LogP contribution is 2.28. The van der Waals surface area contributed by atoms with Crippen LogP contribution in [0.5, 0.6) is 0 Å². The molecule has 0 spiro atoms. The molecule has 3 rings (SSSR count). The number of aromatic nitrogens is 2. The molecule has 0 aliphatic heterocycles. The van der Waals surface area contributed by atoms with Crippen molar-refractivity contribution in [1.82, 2.24) is 9.97 Å². The van der Waals surface area contributed by atoms with E-state index in [2.05, 4.69) is 39.7 Å². The van der Waals surface area contributed by atoms with Crippen molar-refractivity contribution in [3.8, 4) is 0 Å². The van der Waals surface area contributed by atoms with Gasteiger partial charge in [-0.05, 0) is 42.3 Å². The summed E-state index contributed by atoms with van der Waals surface area (Å²) >= 11 is 6.00. The summed E-state index contributed by atoms with van der Waals surface area (Å²) in [6, 6.07) is 15.5. The summed E-state index contributed by atoms with van der Waals surface area (Å²) in [5.41, 5.74) is 9.64. The Bertz CT molecular complexity index is 833. The Balaban J connectivity index is 1.82. The quantitative estimate of drug-likeness (QED) is 0.624. The van der Waals surface area contributed by atoms with E-state index in [1.54, 1.807) is 6.07 Å². The fourth-order valence-corrected chi connectivity index (χ4v) is 2.45. The molecule has 5 nitrogen and oxygen atoms in total. The van der Waals surface area contributed by atoms with Crippen LogP contribution in [0.3, 0.4) is 0 Å².